The van der Waals surface area contributed by atoms with Crippen LogP contribution in [0.2, 0.25) is 0 Å². The fourth-order valence-electron chi connectivity index (χ4n) is 5.67. The van der Waals surface area contributed by atoms with Gasteiger partial charge in [-0.25, -0.2) is 0 Å². The molecule has 0 aliphatic carbocycles. The Labute approximate surface area is 323 Å². The van der Waals surface area contributed by atoms with Gasteiger partial charge in [-0.15, -0.1) is 0 Å². The molecule has 0 fully saturated rings. The third-order valence-corrected chi connectivity index (χ3v) is 8.64. The monoisotopic (exact) mass is 685 g/mol. The molecule has 5 heteroatoms. The van der Waals surface area contributed by atoms with Gasteiger partial charge in [-0.3, -0.25) is 0 Å². The van der Waals surface area contributed by atoms with Gasteiger partial charge in [0, 0.05) is 11.9 Å². The van der Waals surface area contributed by atoms with Gasteiger partial charge in [0.25, 0.3) is 0 Å². The van der Waals surface area contributed by atoms with Crippen LogP contribution in [0, 0.1) is 0 Å². The summed E-state index contributed by atoms with van der Waals surface area (Å²) in [6, 6.07) is 12.0. The SMILES string of the molecule is CCCCCCCCCCCCCCCCCC(=O)[O-].CCCCCCCCCCCCCCCCCC(=O)[O-].[Ca+2].c1ccccc1. The van der Waals surface area contributed by atoms with E-state index in [1.165, 1.54) is 167 Å². The van der Waals surface area contributed by atoms with E-state index in [0.29, 0.717) is 0 Å². The van der Waals surface area contributed by atoms with E-state index in [9.17, 15) is 19.8 Å². The summed E-state index contributed by atoms with van der Waals surface area (Å²) < 4.78 is 0. The number of carboxylic acid groups (broad SMARTS) is 2. The smallest absolute Gasteiger partial charge is 0.550 e. The van der Waals surface area contributed by atoms with Crippen molar-refractivity contribution in [2.45, 2.75) is 219 Å². The van der Waals surface area contributed by atoms with Crippen molar-refractivity contribution < 1.29 is 19.8 Å². The molecule has 270 valence electrons. The van der Waals surface area contributed by atoms with Crippen LogP contribution in [-0.4, -0.2) is 49.7 Å². The Morgan fingerprint density at radius 2 is 0.468 bits per heavy atom. The molecule has 47 heavy (non-hydrogen) atoms. The van der Waals surface area contributed by atoms with Crippen LogP contribution < -0.4 is 10.2 Å². The minimum absolute atomic E-state index is 0. The summed E-state index contributed by atoms with van der Waals surface area (Å²) >= 11 is 0. The molecule has 0 radical (unpaired) electrons. The maximum absolute atomic E-state index is 10.2. The van der Waals surface area contributed by atoms with E-state index in [1.54, 1.807) is 0 Å². The molecule has 4 nitrogen and oxygen atoms in total. The van der Waals surface area contributed by atoms with E-state index in [1.807, 2.05) is 36.4 Å². The molecule has 0 saturated carbocycles. The van der Waals surface area contributed by atoms with E-state index in [-0.39, 0.29) is 50.6 Å². The van der Waals surface area contributed by atoms with Gasteiger partial charge in [0.1, 0.15) is 0 Å². The molecule has 1 aromatic rings. The molecular weight excluding hydrogens is 609 g/mol. The topological polar surface area (TPSA) is 80.3 Å². The van der Waals surface area contributed by atoms with Crippen LogP contribution in [0.4, 0.5) is 0 Å². The molecule has 0 unspecified atom stereocenters. The summed E-state index contributed by atoms with van der Waals surface area (Å²) in [6.45, 7) is 4.53. The van der Waals surface area contributed by atoms with Crippen molar-refractivity contribution in [1.29, 1.82) is 0 Å². The second-order valence-corrected chi connectivity index (χ2v) is 13.3. The molecule has 0 aliphatic heterocycles. The molecule has 0 heterocycles. The van der Waals surface area contributed by atoms with Gasteiger partial charge in [-0.1, -0.05) is 230 Å². The third kappa shape index (κ3) is 55.1. The molecule has 0 aliphatic rings. The number of hydrogen-bond donors (Lipinski definition) is 0. The summed E-state index contributed by atoms with van der Waals surface area (Å²) in [7, 11) is 0. The molecule has 1 aromatic carbocycles. The van der Waals surface area contributed by atoms with Crippen LogP contribution in [0.1, 0.15) is 219 Å². The van der Waals surface area contributed by atoms with Crippen molar-refractivity contribution in [3.05, 3.63) is 36.4 Å². The van der Waals surface area contributed by atoms with Gasteiger partial charge in [0.2, 0.25) is 0 Å². The van der Waals surface area contributed by atoms with Gasteiger partial charge in [0.15, 0.2) is 0 Å². The first-order chi connectivity index (χ1) is 22.5. The standard InChI is InChI=1S/2C18H36O2.C6H6.Ca/c2*1-2-3-4-5-6-7-8-9-10-11-12-13-14-15-16-17-18(19)20;1-2-4-6-5-3-1;/h2*2-17H2,1H3,(H,19,20);1-6H;/q;;;+2/p-2. The number of carboxylic acids is 2. The van der Waals surface area contributed by atoms with Gasteiger partial charge >= 0.3 is 37.7 Å². The molecule has 0 aromatic heterocycles. The van der Waals surface area contributed by atoms with Crippen LogP contribution in [-0.2, 0) is 9.59 Å². The van der Waals surface area contributed by atoms with Crippen LogP contribution in [0.3, 0.4) is 0 Å². The predicted octanol–water partition coefficient (Wildman–Crippen LogP) is 11.3. The van der Waals surface area contributed by atoms with Crippen molar-refractivity contribution in [2.75, 3.05) is 0 Å². The number of carbonyl (C=O) groups is 2. The number of hydrogen-bond acceptors (Lipinski definition) is 4. The van der Waals surface area contributed by atoms with Crippen LogP contribution in [0.15, 0.2) is 36.4 Å². The fourth-order valence-corrected chi connectivity index (χ4v) is 5.67. The average molecular weight is 685 g/mol. The molecule has 0 saturated heterocycles. The second-order valence-electron chi connectivity index (χ2n) is 13.3. The van der Waals surface area contributed by atoms with E-state index in [4.69, 9.17) is 0 Å². The number of rotatable bonds is 32. The van der Waals surface area contributed by atoms with Gasteiger partial charge in [-0.05, 0) is 25.7 Å². The number of unbranched alkanes of at least 4 members (excludes halogenated alkanes) is 28. The molecular formula is C42H76CaO4. The molecule has 0 N–H and O–H groups in total. The van der Waals surface area contributed by atoms with Gasteiger partial charge in [-0.2, -0.15) is 0 Å². The Bertz CT molecular complexity index is 626. The van der Waals surface area contributed by atoms with Crippen LogP contribution in [0.5, 0.6) is 0 Å². The second kappa shape index (κ2) is 47.5. The Morgan fingerprint density at radius 1 is 0.319 bits per heavy atom. The predicted molar refractivity (Wildman–Crippen MR) is 201 cm³/mol. The fraction of sp³-hybridized carbons (Fsp3) is 0.810. The zero-order valence-electron chi connectivity index (χ0n) is 31.4. The van der Waals surface area contributed by atoms with Crippen molar-refractivity contribution in [2.24, 2.45) is 0 Å². The maximum atomic E-state index is 10.2. The minimum atomic E-state index is -0.903. The zero-order valence-corrected chi connectivity index (χ0v) is 33.6. The van der Waals surface area contributed by atoms with Crippen molar-refractivity contribution in [1.82, 2.24) is 0 Å². The summed E-state index contributed by atoms with van der Waals surface area (Å²) in [5.41, 5.74) is 0. The first-order valence-corrected chi connectivity index (χ1v) is 19.9. The quantitative estimate of drug-likeness (QED) is 0.0559. The van der Waals surface area contributed by atoms with E-state index >= 15 is 0 Å². The maximum Gasteiger partial charge on any atom is 2.00 e. The number of carbonyl (C=O) groups excluding carboxylic acids is 2. The van der Waals surface area contributed by atoms with Crippen molar-refractivity contribution >= 4 is 49.7 Å². The normalized spacial score (nSPS) is 10.3. The Balaban J connectivity index is -0.000000684. The molecule has 0 bridgehead atoms. The van der Waals surface area contributed by atoms with Crippen LogP contribution in [0.25, 0.3) is 0 Å². The van der Waals surface area contributed by atoms with E-state index in [0.717, 1.165) is 25.7 Å². The average Bonchev–Trinajstić information content (AvgIpc) is 3.06. The van der Waals surface area contributed by atoms with Gasteiger partial charge < -0.3 is 19.8 Å². The van der Waals surface area contributed by atoms with Crippen molar-refractivity contribution in [3.8, 4) is 0 Å². The summed E-state index contributed by atoms with van der Waals surface area (Å²) in [5.74, 6) is -1.81. The number of benzene rings is 1. The molecule has 1 rings (SSSR count). The Kier molecular flexibility index (Phi) is 51.4. The Hall–Kier alpha value is -0.580. The third-order valence-electron chi connectivity index (χ3n) is 8.64. The summed E-state index contributed by atoms with van der Waals surface area (Å²) in [5, 5.41) is 20.4. The van der Waals surface area contributed by atoms with Crippen LogP contribution >= 0.6 is 0 Å². The van der Waals surface area contributed by atoms with Crippen molar-refractivity contribution in [3.63, 3.8) is 0 Å². The number of aliphatic carboxylic acids is 2. The largest absolute Gasteiger partial charge is 2.00 e. The zero-order chi connectivity index (χ0) is 34.0. The van der Waals surface area contributed by atoms with E-state index in [2.05, 4.69) is 13.8 Å². The van der Waals surface area contributed by atoms with Gasteiger partial charge in [0.05, 0.1) is 0 Å². The molecule has 0 amide bonds. The molecule has 0 spiro atoms. The summed E-state index contributed by atoms with van der Waals surface area (Å²) in [4.78, 5) is 20.4. The first kappa shape index (κ1) is 50.8. The Morgan fingerprint density at radius 3 is 0.617 bits per heavy atom. The minimum Gasteiger partial charge on any atom is -0.550 e. The summed E-state index contributed by atoms with van der Waals surface area (Å²) in [6.07, 6.45) is 39.7. The van der Waals surface area contributed by atoms with E-state index < -0.39 is 11.9 Å². The molecule has 0 atom stereocenters. The first-order valence-electron chi connectivity index (χ1n) is 19.9.